The number of amides is 2. The normalized spacial score (nSPS) is 14.9. The van der Waals surface area contributed by atoms with Gasteiger partial charge in [0.15, 0.2) is 9.84 Å². The highest BCUT2D eigenvalue weighted by molar-refractivity contribution is 7.91. The summed E-state index contributed by atoms with van der Waals surface area (Å²) in [5.41, 5.74) is -1.79. The Morgan fingerprint density at radius 2 is 1.75 bits per heavy atom. The number of carboxylic acid groups (broad SMARTS) is 1. The van der Waals surface area contributed by atoms with Gasteiger partial charge in [-0.25, -0.2) is 17.9 Å². The minimum atomic E-state index is -4.90. The lowest BCUT2D eigenvalue weighted by Gasteiger charge is -2.39. The van der Waals surface area contributed by atoms with Crippen LogP contribution in [0.3, 0.4) is 0 Å². The van der Waals surface area contributed by atoms with Crippen LogP contribution in [0.1, 0.15) is 34.0 Å². The number of likely N-dealkylation sites (tertiary alicyclic amines) is 1. The summed E-state index contributed by atoms with van der Waals surface area (Å²) < 4.78 is 93.2. The Kier molecular flexibility index (Phi) is 9.63. The largest absolute Gasteiger partial charge is 0.464 e. The van der Waals surface area contributed by atoms with E-state index in [0.717, 1.165) is 6.07 Å². The molecule has 1 aliphatic rings. The number of alkyl halides is 3. The molecule has 40 heavy (non-hydrogen) atoms. The van der Waals surface area contributed by atoms with E-state index in [1.807, 2.05) is 0 Å². The zero-order valence-electron chi connectivity index (χ0n) is 20.5. The van der Waals surface area contributed by atoms with Crippen LogP contribution >= 0.6 is 23.2 Å². The second-order valence-corrected chi connectivity index (χ2v) is 13.3. The third kappa shape index (κ3) is 7.98. The van der Waals surface area contributed by atoms with Crippen LogP contribution in [0.15, 0.2) is 35.2 Å². The summed E-state index contributed by atoms with van der Waals surface area (Å²) in [5, 5.41) is 10.8. The lowest BCUT2D eigenvalue weighted by atomic mass is 10.00. The highest BCUT2D eigenvalue weighted by Gasteiger charge is 2.38. The number of sulfone groups is 1. The van der Waals surface area contributed by atoms with Crippen LogP contribution in [-0.2, 0) is 39.3 Å². The van der Waals surface area contributed by atoms with Crippen molar-refractivity contribution in [3.05, 3.63) is 62.6 Å². The molecule has 220 valence electrons. The Hall–Kier alpha value is -2.63. The summed E-state index contributed by atoms with van der Waals surface area (Å²) in [7, 11) is -8.03. The minimum Gasteiger partial charge on any atom is -0.464 e. The Bertz CT molecular complexity index is 1530. The molecule has 2 aromatic rings. The SMILES string of the molecule is CCS(=O)(=O)c1ccc(Cl)cc1CNC(=O)c1cc(Cl)c(CN2CC(NS(=O)(=O)NC(=O)O)C2)c(C(F)(F)F)c1. The second kappa shape index (κ2) is 12.1. The molecule has 3 rings (SSSR count). The third-order valence-corrected chi connectivity index (χ3v) is 9.31. The molecular weight excluding hydrogens is 624 g/mol. The molecule has 0 bridgehead atoms. The summed E-state index contributed by atoms with van der Waals surface area (Å²) in [6, 6.07) is 4.90. The van der Waals surface area contributed by atoms with Crippen molar-refractivity contribution >= 4 is 55.2 Å². The van der Waals surface area contributed by atoms with Crippen LogP contribution in [-0.4, -0.2) is 63.7 Å². The highest BCUT2D eigenvalue weighted by Crippen LogP contribution is 2.37. The molecule has 0 radical (unpaired) electrons. The molecule has 0 unspecified atom stereocenters. The molecule has 1 fully saturated rings. The number of rotatable bonds is 10. The van der Waals surface area contributed by atoms with E-state index in [9.17, 15) is 39.6 Å². The van der Waals surface area contributed by atoms with Crippen molar-refractivity contribution in [1.29, 1.82) is 0 Å². The Labute approximate surface area is 237 Å². The zero-order chi connectivity index (χ0) is 30.0. The van der Waals surface area contributed by atoms with Crippen molar-refractivity contribution in [3.8, 4) is 0 Å². The average Bonchev–Trinajstić information content (AvgIpc) is 2.80. The van der Waals surface area contributed by atoms with Gasteiger partial charge in [-0.05, 0) is 41.5 Å². The highest BCUT2D eigenvalue weighted by atomic mass is 35.5. The number of hydrogen-bond donors (Lipinski definition) is 4. The lowest BCUT2D eigenvalue weighted by Crippen LogP contribution is -2.60. The van der Waals surface area contributed by atoms with E-state index in [4.69, 9.17) is 28.3 Å². The smallest absolute Gasteiger partial charge is 0.419 e. The molecule has 11 nitrogen and oxygen atoms in total. The first kappa shape index (κ1) is 31.9. The first-order chi connectivity index (χ1) is 18.4. The third-order valence-electron chi connectivity index (χ3n) is 5.82. The van der Waals surface area contributed by atoms with Crippen LogP contribution in [0.2, 0.25) is 10.0 Å². The number of carbonyl (C=O) groups is 2. The maximum atomic E-state index is 13.9. The van der Waals surface area contributed by atoms with Crippen molar-refractivity contribution in [2.45, 2.75) is 37.1 Å². The van der Waals surface area contributed by atoms with Gasteiger partial charge in [-0.15, -0.1) is 0 Å². The van der Waals surface area contributed by atoms with Gasteiger partial charge in [-0.2, -0.15) is 26.3 Å². The van der Waals surface area contributed by atoms with E-state index in [-0.39, 0.29) is 58.0 Å². The quantitative estimate of drug-likeness (QED) is 0.306. The predicted molar refractivity (Wildman–Crippen MR) is 139 cm³/mol. The van der Waals surface area contributed by atoms with E-state index < -0.39 is 55.4 Å². The van der Waals surface area contributed by atoms with Crippen molar-refractivity contribution in [2.24, 2.45) is 0 Å². The van der Waals surface area contributed by atoms with Gasteiger partial charge < -0.3 is 10.4 Å². The fraction of sp³-hybridized carbons (Fsp3) is 0.364. The molecule has 0 aliphatic carbocycles. The van der Waals surface area contributed by atoms with Crippen LogP contribution < -0.4 is 14.8 Å². The molecule has 0 aromatic heterocycles. The van der Waals surface area contributed by atoms with Gasteiger partial charge in [0.1, 0.15) is 0 Å². The summed E-state index contributed by atoms with van der Waals surface area (Å²) in [4.78, 5) is 24.7. The van der Waals surface area contributed by atoms with Gasteiger partial charge in [0, 0.05) is 47.8 Å². The molecule has 4 N–H and O–H groups in total. The van der Waals surface area contributed by atoms with Gasteiger partial charge in [0.05, 0.1) is 16.2 Å². The van der Waals surface area contributed by atoms with E-state index in [2.05, 4.69) is 10.0 Å². The van der Waals surface area contributed by atoms with E-state index in [1.165, 1.54) is 34.7 Å². The summed E-state index contributed by atoms with van der Waals surface area (Å²) in [6.45, 7) is 0.708. The number of carbonyl (C=O) groups excluding carboxylic acids is 1. The first-order valence-electron chi connectivity index (χ1n) is 11.4. The number of benzene rings is 2. The van der Waals surface area contributed by atoms with E-state index in [0.29, 0.717) is 6.07 Å². The molecule has 2 aromatic carbocycles. The Balaban J connectivity index is 1.77. The van der Waals surface area contributed by atoms with E-state index >= 15 is 0 Å². The summed E-state index contributed by atoms with van der Waals surface area (Å²) in [6.07, 6.45) is -6.70. The van der Waals surface area contributed by atoms with Crippen molar-refractivity contribution in [1.82, 2.24) is 19.7 Å². The van der Waals surface area contributed by atoms with Gasteiger partial charge in [0.25, 0.3) is 5.91 Å². The zero-order valence-corrected chi connectivity index (χ0v) is 23.7. The molecule has 1 heterocycles. The topological polar surface area (TPSA) is 162 Å². The predicted octanol–water partition coefficient (Wildman–Crippen LogP) is 3.02. The first-order valence-corrected chi connectivity index (χ1v) is 15.3. The molecule has 2 amide bonds. The van der Waals surface area contributed by atoms with Crippen molar-refractivity contribution in [2.75, 3.05) is 18.8 Å². The monoisotopic (exact) mass is 646 g/mol. The number of nitrogens with zero attached hydrogens (tertiary/aromatic N) is 1. The summed E-state index contributed by atoms with van der Waals surface area (Å²) >= 11 is 12.1. The van der Waals surface area contributed by atoms with Gasteiger partial charge >= 0.3 is 22.5 Å². The number of hydrogen-bond acceptors (Lipinski definition) is 7. The van der Waals surface area contributed by atoms with Crippen LogP contribution in [0.25, 0.3) is 0 Å². The molecule has 0 spiro atoms. The standard InChI is InChI=1S/C22H23Cl2F3N4O7S2/c1-2-39(35,36)19-4-3-14(23)5-13(19)8-28-20(32)12-6-17(22(25,26)27)16(18(24)7-12)11-31-9-15(10-31)29-40(37,38)30-21(33)34/h3-7,15,29-30H,2,8-11H2,1H3,(H,28,32)(H,33,34). The lowest BCUT2D eigenvalue weighted by molar-refractivity contribution is -0.138. The maximum Gasteiger partial charge on any atom is 0.419 e. The Morgan fingerprint density at radius 3 is 2.33 bits per heavy atom. The number of nitrogens with one attached hydrogen (secondary N) is 3. The number of halogens is 5. The molecule has 18 heteroatoms. The molecular formula is C22H23Cl2F3N4O7S2. The van der Waals surface area contributed by atoms with Crippen LogP contribution in [0.4, 0.5) is 18.0 Å². The van der Waals surface area contributed by atoms with Gasteiger partial charge in [-0.1, -0.05) is 30.1 Å². The van der Waals surface area contributed by atoms with E-state index in [1.54, 1.807) is 0 Å². The fourth-order valence-electron chi connectivity index (χ4n) is 3.96. The van der Waals surface area contributed by atoms with Crippen LogP contribution in [0, 0.1) is 0 Å². The Morgan fingerprint density at radius 1 is 1.10 bits per heavy atom. The van der Waals surface area contributed by atoms with Gasteiger partial charge in [0.2, 0.25) is 0 Å². The molecule has 0 saturated carbocycles. The van der Waals surface area contributed by atoms with Crippen molar-refractivity contribution < 1.29 is 44.7 Å². The van der Waals surface area contributed by atoms with Crippen molar-refractivity contribution in [3.63, 3.8) is 0 Å². The maximum absolute atomic E-state index is 13.9. The molecule has 1 saturated heterocycles. The van der Waals surface area contributed by atoms with Gasteiger partial charge in [-0.3, -0.25) is 9.69 Å². The summed E-state index contributed by atoms with van der Waals surface area (Å²) in [5.74, 6) is -1.16. The molecule has 0 atom stereocenters. The van der Waals surface area contributed by atoms with Crippen LogP contribution in [0.5, 0.6) is 0 Å². The fourth-order valence-corrected chi connectivity index (χ4v) is 6.43. The minimum absolute atomic E-state index is 0.0287. The molecule has 1 aliphatic heterocycles. The average molecular weight is 647 g/mol. The second-order valence-electron chi connectivity index (χ2n) is 8.74.